The lowest BCUT2D eigenvalue weighted by molar-refractivity contribution is 0.0319. The van der Waals surface area contributed by atoms with Crippen LogP contribution in [-0.4, -0.2) is 47.6 Å². The zero-order valence-electron chi connectivity index (χ0n) is 9.80. The highest BCUT2D eigenvalue weighted by Gasteiger charge is 2.37. The molecule has 0 spiro atoms. The zero-order valence-corrected chi connectivity index (χ0v) is 12.2. The normalized spacial score (nSPS) is 27.9. The lowest BCUT2D eigenvalue weighted by Crippen LogP contribution is -2.54. The maximum absolute atomic E-state index is 12.5. The van der Waals surface area contributed by atoms with E-state index in [0.717, 1.165) is 31.9 Å². The number of nitrogens with zero attached hydrogens (tertiary/aromatic N) is 1. The van der Waals surface area contributed by atoms with Crippen molar-refractivity contribution >= 4 is 33.6 Å². The number of thioether (sulfide) groups is 1. The quantitative estimate of drug-likeness (QED) is 0.792. The molecule has 2 aliphatic heterocycles. The van der Waals surface area contributed by atoms with Gasteiger partial charge in [0.05, 0.1) is 12.2 Å². The molecule has 1 aromatic heterocycles. The summed E-state index contributed by atoms with van der Waals surface area (Å²) in [6.45, 7) is 2.32. The Morgan fingerprint density at radius 3 is 3.22 bits per heavy atom. The fraction of sp³-hybridized carbons (Fsp3) is 0.583. The third-order valence-electron chi connectivity index (χ3n) is 3.41. The van der Waals surface area contributed by atoms with Gasteiger partial charge in [0.2, 0.25) is 0 Å². The van der Waals surface area contributed by atoms with Gasteiger partial charge < -0.3 is 14.1 Å². The smallest absolute Gasteiger partial charge is 0.257 e. The summed E-state index contributed by atoms with van der Waals surface area (Å²) in [7, 11) is 0. The van der Waals surface area contributed by atoms with Crippen molar-refractivity contribution < 1.29 is 13.9 Å². The molecule has 2 aliphatic rings. The third kappa shape index (κ3) is 2.33. The Morgan fingerprint density at radius 1 is 1.56 bits per heavy atom. The van der Waals surface area contributed by atoms with Crippen LogP contribution in [0, 0.1) is 0 Å². The van der Waals surface area contributed by atoms with E-state index in [1.165, 1.54) is 6.26 Å². The van der Waals surface area contributed by atoms with Crippen molar-refractivity contribution in [3.05, 3.63) is 22.6 Å². The Labute approximate surface area is 118 Å². The second kappa shape index (κ2) is 5.27. The topological polar surface area (TPSA) is 42.7 Å². The van der Waals surface area contributed by atoms with E-state index in [1.54, 1.807) is 6.07 Å². The van der Waals surface area contributed by atoms with Gasteiger partial charge in [-0.15, -0.1) is 0 Å². The average Bonchev–Trinajstić information content (AvgIpc) is 2.84. The highest BCUT2D eigenvalue weighted by atomic mass is 79.9. The lowest BCUT2D eigenvalue weighted by atomic mass is 10.1. The molecule has 1 aromatic rings. The zero-order chi connectivity index (χ0) is 12.5. The summed E-state index contributed by atoms with van der Waals surface area (Å²) in [6.07, 6.45) is 2.45. The second-order valence-corrected chi connectivity index (χ2v) is 6.61. The first-order valence-corrected chi connectivity index (χ1v) is 7.84. The van der Waals surface area contributed by atoms with Crippen molar-refractivity contribution in [1.29, 1.82) is 0 Å². The van der Waals surface area contributed by atoms with Crippen LogP contribution < -0.4 is 0 Å². The summed E-state index contributed by atoms with van der Waals surface area (Å²) in [5, 5.41) is 0.423. The lowest BCUT2D eigenvalue weighted by Gasteiger charge is -2.43. The summed E-state index contributed by atoms with van der Waals surface area (Å²) in [5.74, 6) is 1.05. The molecule has 98 valence electrons. The van der Waals surface area contributed by atoms with Gasteiger partial charge >= 0.3 is 0 Å². The number of ether oxygens (including phenoxy) is 1. The van der Waals surface area contributed by atoms with E-state index in [2.05, 4.69) is 15.9 Å². The minimum Gasteiger partial charge on any atom is -0.457 e. The van der Waals surface area contributed by atoms with Crippen molar-refractivity contribution in [2.24, 2.45) is 0 Å². The molecule has 18 heavy (non-hydrogen) atoms. The van der Waals surface area contributed by atoms with Crippen LogP contribution in [-0.2, 0) is 4.74 Å². The molecule has 3 rings (SSSR count). The Bertz CT molecular complexity index is 448. The summed E-state index contributed by atoms with van der Waals surface area (Å²) >= 11 is 5.15. The van der Waals surface area contributed by atoms with Gasteiger partial charge in [-0.2, -0.15) is 11.8 Å². The first-order valence-electron chi connectivity index (χ1n) is 6.00. The van der Waals surface area contributed by atoms with Crippen LogP contribution in [0.3, 0.4) is 0 Å². The number of hydrogen-bond acceptors (Lipinski definition) is 4. The van der Waals surface area contributed by atoms with Crippen LogP contribution in [0.25, 0.3) is 0 Å². The molecule has 0 unspecified atom stereocenters. The molecule has 2 fully saturated rings. The monoisotopic (exact) mass is 331 g/mol. The summed E-state index contributed by atoms with van der Waals surface area (Å²) in [6, 6.07) is 2.04. The number of rotatable bonds is 1. The number of amides is 1. The molecule has 4 nitrogen and oxygen atoms in total. The molecule has 0 aliphatic carbocycles. The van der Waals surface area contributed by atoms with Crippen LogP contribution in [0.5, 0.6) is 0 Å². The van der Waals surface area contributed by atoms with Gasteiger partial charge in [0, 0.05) is 36.3 Å². The predicted octanol–water partition coefficient (Wildman–Crippen LogP) is 2.39. The van der Waals surface area contributed by atoms with Crippen LogP contribution in [0.1, 0.15) is 16.8 Å². The van der Waals surface area contributed by atoms with E-state index < -0.39 is 0 Å². The molecule has 2 atom stereocenters. The minimum absolute atomic E-state index is 0.0710. The number of hydrogen-bond donors (Lipinski definition) is 0. The molecule has 0 saturated carbocycles. The van der Waals surface area contributed by atoms with Gasteiger partial charge in [-0.25, -0.2) is 0 Å². The highest BCUT2D eigenvalue weighted by Crippen LogP contribution is 2.31. The van der Waals surface area contributed by atoms with Gasteiger partial charge in [0.25, 0.3) is 5.91 Å². The fourth-order valence-corrected chi connectivity index (χ4v) is 4.17. The average molecular weight is 332 g/mol. The van der Waals surface area contributed by atoms with Gasteiger partial charge in [0.1, 0.15) is 6.26 Å². The number of carbonyl (C=O) groups is 1. The number of fused-ring (bicyclic) bond motifs is 1. The molecular weight excluding hydrogens is 318 g/mol. The molecule has 0 bridgehead atoms. The highest BCUT2D eigenvalue weighted by molar-refractivity contribution is 9.10. The molecule has 0 radical (unpaired) electrons. The summed E-state index contributed by atoms with van der Waals surface area (Å²) in [4.78, 5) is 14.5. The van der Waals surface area contributed by atoms with Crippen LogP contribution in [0.15, 0.2) is 21.4 Å². The van der Waals surface area contributed by atoms with Gasteiger partial charge in [-0.3, -0.25) is 4.79 Å². The Balaban J connectivity index is 1.79. The van der Waals surface area contributed by atoms with Crippen LogP contribution >= 0.6 is 27.7 Å². The number of halogens is 1. The van der Waals surface area contributed by atoms with Gasteiger partial charge in [-0.1, -0.05) is 0 Å². The van der Waals surface area contributed by atoms with Crippen molar-refractivity contribution in [1.82, 2.24) is 4.90 Å². The van der Waals surface area contributed by atoms with Crippen LogP contribution in [0.4, 0.5) is 0 Å². The van der Waals surface area contributed by atoms with E-state index in [-0.39, 0.29) is 5.91 Å². The summed E-state index contributed by atoms with van der Waals surface area (Å²) < 4.78 is 11.2. The minimum atomic E-state index is 0.0710. The Kier molecular flexibility index (Phi) is 3.68. The molecule has 0 aromatic carbocycles. The van der Waals surface area contributed by atoms with E-state index in [9.17, 15) is 4.79 Å². The Hall–Kier alpha value is -0.460. The molecule has 6 heteroatoms. The standard InChI is InChI=1S/C12H14BrNO3S/c13-11-5-8(6-17-11)12(15)14-2-4-18-10-7-16-3-1-9(10)14/h5-6,9-10H,1-4,7H2/t9-,10+/m0/s1. The van der Waals surface area contributed by atoms with Gasteiger partial charge in [-0.05, 0) is 22.4 Å². The fourth-order valence-electron chi connectivity index (χ4n) is 2.52. The molecule has 0 N–H and O–H groups in total. The third-order valence-corrected chi connectivity index (χ3v) is 5.12. The maximum atomic E-state index is 12.5. The van der Waals surface area contributed by atoms with E-state index >= 15 is 0 Å². The van der Waals surface area contributed by atoms with E-state index in [0.29, 0.717) is 21.5 Å². The SMILES string of the molecule is O=C(c1coc(Br)c1)N1CCS[C@@H]2COCC[C@@H]21. The number of carbonyl (C=O) groups excluding carboxylic acids is 1. The molecule has 3 heterocycles. The van der Waals surface area contributed by atoms with Crippen molar-refractivity contribution in [3.63, 3.8) is 0 Å². The van der Waals surface area contributed by atoms with E-state index in [1.807, 2.05) is 16.7 Å². The first kappa shape index (κ1) is 12.6. The Morgan fingerprint density at radius 2 is 2.44 bits per heavy atom. The van der Waals surface area contributed by atoms with Crippen molar-refractivity contribution in [3.8, 4) is 0 Å². The van der Waals surface area contributed by atoms with E-state index in [4.69, 9.17) is 9.15 Å². The second-order valence-electron chi connectivity index (χ2n) is 4.48. The largest absolute Gasteiger partial charge is 0.457 e. The van der Waals surface area contributed by atoms with Gasteiger partial charge in [0.15, 0.2) is 4.67 Å². The first-order chi connectivity index (χ1) is 8.75. The molecular formula is C12H14BrNO3S. The molecule has 1 amide bonds. The van der Waals surface area contributed by atoms with Crippen LogP contribution in [0.2, 0.25) is 0 Å². The summed E-state index contributed by atoms with van der Waals surface area (Å²) in [5.41, 5.74) is 0.624. The number of furan rings is 1. The maximum Gasteiger partial charge on any atom is 0.257 e. The van der Waals surface area contributed by atoms with Crippen molar-refractivity contribution in [2.45, 2.75) is 17.7 Å². The predicted molar refractivity (Wildman–Crippen MR) is 72.9 cm³/mol. The molecule has 2 saturated heterocycles. The van der Waals surface area contributed by atoms with Crippen molar-refractivity contribution in [2.75, 3.05) is 25.5 Å².